The van der Waals surface area contributed by atoms with Gasteiger partial charge in [0.05, 0.1) is 0 Å². The maximum atomic E-state index is 12.4. The highest BCUT2D eigenvalue weighted by molar-refractivity contribution is 9.10. The molecule has 0 radical (unpaired) electrons. The molecule has 2 aromatic rings. The maximum Gasteiger partial charge on any atom is 0.290 e. The van der Waals surface area contributed by atoms with Gasteiger partial charge in [-0.2, -0.15) is 4.98 Å². The fourth-order valence-corrected chi connectivity index (χ4v) is 2.59. The molecule has 3 rings (SSSR count). The van der Waals surface area contributed by atoms with E-state index in [0.29, 0.717) is 28.7 Å². The molecule has 1 saturated heterocycles. The van der Waals surface area contributed by atoms with Crippen LogP contribution in [0, 0.1) is 6.92 Å². The average molecular weight is 326 g/mol. The lowest BCUT2D eigenvalue weighted by molar-refractivity contribution is 0.0676. The second-order valence-electron chi connectivity index (χ2n) is 4.44. The molecule has 100 valence electrons. The summed E-state index contributed by atoms with van der Waals surface area (Å²) in [7, 11) is 0. The van der Waals surface area contributed by atoms with Crippen molar-refractivity contribution in [2.24, 2.45) is 0 Å². The zero-order chi connectivity index (χ0) is 13.4. The van der Waals surface area contributed by atoms with Crippen molar-refractivity contribution in [1.29, 1.82) is 0 Å². The Labute approximate surface area is 117 Å². The fraction of sp³-hybridized carbons (Fsp3) is 0.417. The van der Waals surface area contributed by atoms with Crippen LogP contribution in [0.4, 0.5) is 0 Å². The molecule has 1 unspecified atom stereocenters. The van der Waals surface area contributed by atoms with Gasteiger partial charge in [0.2, 0.25) is 5.89 Å². The third-order valence-corrected chi connectivity index (χ3v) is 3.55. The topological polar surface area (TPSA) is 72.4 Å². The summed E-state index contributed by atoms with van der Waals surface area (Å²) in [4.78, 5) is 18.3. The Morgan fingerprint density at radius 2 is 2.37 bits per heavy atom. The number of rotatable bonds is 2. The molecule has 0 N–H and O–H groups in total. The van der Waals surface area contributed by atoms with Crippen molar-refractivity contribution >= 4 is 21.8 Å². The molecule has 1 aliphatic rings. The first kappa shape index (κ1) is 12.4. The van der Waals surface area contributed by atoms with Gasteiger partial charge in [-0.05, 0) is 47.8 Å². The first-order chi connectivity index (χ1) is 9.15. The molecule has 1 fully saturated rings. The first-order valence-electron chi connectivity index (χ1n) is 6.01. The van der Waals surface area contributed by atoms with E-state index in [9.17, 15) is 4.79 Å². The van der Waals surface area contributed by atoms with Gasteiger partial charge in [-0.15, -0.1) is 0 Å². The summed E-state index contributed by atoms with van der Waals surface area (Å²) < 4.78 is 11.0. The third-order valence-electron chi connectivity index (χ3n) is 3.13. The SMILES string of the molecule is Cc1noc(C2CCCN2C(=O)c2ccc(Br)o2)n1. The van der Waals surface area contributed by atoms with Gasteiger partial charge in [0, 0.05) is 6.54 Å². The molecule has 0 spiro atoms. The molecule has 6 nitrogen and oxygen atoms in total. The molecule has 7 heteroatoms. The van der Waals surface area contributed by atoms with E-state index in [0.717, 1.165) is 12.8 Å². The molecular formula is C12H12BrN3O3. The van der Waals surface area contributed by atoms with E-state index in [1.54, 1.807) is 24.0 Å². The monoisotopic (exact) mass is 325 g/mol. The van der Waals surface area contributed by atoms with E-state index in [1.807, 2.05) is 0 Å². The Morgan fingerprint density at radius 1 is 1.53 bits per heavy atom. The van der Waals surface area contributed by atoms with Crippen LogP contribution in [0.3, 0.4) is 0 Å². The summed E-state index contributed by atoms with van der Waals surface area (Å²) in [5.74, 6) is 1.24. The van der Waals surface area contributed by atoms with Crippen molar-refractivity contribution in [1.82, 2.24) is 15.0 Å². The number of carbonyl (C=O) groups is 1. The number of nitrogens with zero attached hydrogens (tertiary/aromatic N) is 3. The molecule has 1 aliphatic heterocycles. The van der Waals surface area contributed by atoms with Crippen molar-refractivity contribution in [2.45, 2.75) is 25.8 Å². The Balaban J connectivity index is 1.85. The van der Waals surface area contributed by atoms with Crippen molar-refractivity contribution in [2.75, 3.05) is 6.54 Å². The molecule has 0 saturated carbocycles. The van der Waals surface area contributed by atoms with Gasteiger partial charge in [0.1, 0.15) is 6.04 Å². The lowest BCUT2D eigenvalue weighted by atomic mass is 10.2. The molecule has 19 heavy (non-hydrogen) atoms. The normalized spacial score (nSPS) is 19.1. The van der Waals surface area contributed by atoms with Crippen LogP contribution in [-0.2, 0) is 0 Å². The van der Waals surface area contributed by atoms with Crippen molar-refractivity contribution in [3.8, 4) is 0 Å². The van der Waals surface area contributed by atoms with E-state index < -0.39 is 0 Å². The van der Waals surface area contributed by atoms with Crippen LogP contribution in [0.25, 0.3) is 0 Å². The highest BCUT2D eigenvalue weighted by Gasteiger charge is 2.35. The molecule has 2 aromatic heterocycles. The van der Waals surface area contributed by atoms with Gasteiger partial charge >= 0.3 is 0 Å². The molecule has 3 heterocycles. The predicted molar refractivity (Wildman–Crippen MR) is 68.5 cm³/mol. The summed E-state index contributed by atoms with van der Waals surface area (Å²) in [6.07, 6.45) is 1.75. The van der Waals surface area contributed by atoms with Gasteiger partial charge in [0.15, 0.2) is 16.3 Å². The summed E-state index contributed by atoms with van der Waals surface area (Å²) in [5, 5.41) is 3.78. The number of aromatic nitrogens is 2. The largest absolute Gasteiger partial charge is 0.444 e. The zero-order valence-corrected chi connectivity index (χ0v) is 11.9. The average Bonchev–Trinajstić information content (AvgIpc) is 3.07. The molecule has 0 aliphatic carbocycles. The van der Waals surface area contributed by atoms with Crippen LogP contribution in [-0.4, -0.2) is 27.5 Å². The number of hydrogen-bond acceptors (Lipinski definition) is 5. The van der Waals surface area contributed by atoms with E-state index >= 15 is 0 Å². The van der Waals surface area contributed by atoms with Gasteiger partial charge < -0.3 is 13.8 Å². The van der Waals surface area contributed by atoms with E-state index in [4.69, 9.17) is 8.94 Å². The number of aryl methyl sites for hydroxylation is 1. The summed E-state index contributed by atoms with van der Waals surface area (Å²) in [6, 6.07) is 3.20. The van der Waals surface area contributed by atoms with E-state index in [-0.39, 0.29) is 11.9 Å². The number of amides is 1. The number of halogens is 1. The van der Waals surface area contributed by atoms with Gasteiger partial charge in [-0.25, -0.2) is 0 Å². The minimum atomic E-state index is -0.155. The smallest absolute Gasteiger partial charge is 0.290 e. The molecule has 1 amide bonds. The summed E-state index contributed by atoms with van der Waals surface area (Å²) >= 11 is 3.19. The number of furan rings is 1. The Bertz CT molecular complexity index is 607. The number of likely N-dealkylation sites (tertiary alicyclic amines) is 1. The summed E-state index contributed by atoms with van der Waals surface area (Å²) in [5.41, 5.74) is 0. The van der Waals surface area contributed by atoms with Gasteiger partial charge in [0.25, 0.3) is 5.91 Å². The molecular weight excluding hydrogens is 314 g/mol. The molecule has 0 aromatic carbocycles. The Morgan fingerprint density at radius 3 is 3.00 bits per heavy atom. The predicted octanol–water partition coefficient (Wildman–Crippen LogP) is 2.71. The van der Waals surface area contributed by atoms with Crippen molar-refractivity contribution in [3.05, 3.63) is 34.3 Å². The minimum Gasteiger partial charge on any atom is -0.444 e. The fourth-order valence-electron chi connectivity index (χ4n) is 2.29. The van der Waals surface area contributed by atoms with Crippen LogP contribution in [0.5, 0.6) is 0 Å². The van der Waals surface area contributed by atoms with Crippen LogP contribution >= 0.6 is 15.9 Å². The Hall–Kier alpha value is -1.63. The lowest BCUT2D eigenvalue weighted by Crippen LogP contribution is -2.30. The number of carbonyl (C=O) groups excluding carboxylic acids is 1. The second kappa shape index (κ2) is 4.80. The summed E-state index contributed by atoms with van der Waals surface area (Å²) in [6.45, 7) is 2.43. The highest BCUT2D eigenvalue weighted by Crippen LogP contribution is 2.32. The lowest BCUT2D eigenvalue weighted by Gasteiger charge is -2.20. The second-order valence-corrected chi connectivity index (χ2v) is 5.22. The van der Waals surface area contributed by atoms with Crippen LogP contribution in [0.2, 0.25) is 0 Å². The maximum absolute atomic E-state index is 12.4. The first-order valence-corrected chi connectivity index (χ1v) is 6.81. The van der Waals surface area contributed by atoms with E-state index in [1.165, 1.54) is 0 Å². The molecule has 1 atom stereocenters. The van der Waals surface area contributed by atoms with Crippen LogP contribution in [0.15, 0.2) is 25.7 Å². The quantitative estimate of drug-likeness (QED) is 0.848. The van der Waals surface area contributed by atoms with Gasteiger partial charge in [-0.1, -0.05) is 5.16 Å². The third kappa shape index (κ3) is 2.30. The van der Waals surface area contributed by atoms with Crippen molar-refractivity contribution in [3.63, 3.8) is 0 Å². The Kier molecular flexibility index (Phi) is 3.14. The van der Waals surface area contributed by atoms with Crippen LogP contribution in [0.1, 0.15) is 41.2 Å². The highest BCUT2D eigenvalue weighted by atomic mass is 79.9. The number of hydrogen-bond donors (Lipinski definition) is 0. The van der Waals surface area contributed by atoms with Crippen LogP contribution < -0.4 is 0 Å². The minimum absolute atomic E-state index is 0.149. The van der Waals surface area contributed by atoms with E-state index in [2.05, 4.69) is 26.1 Å². The standard InChI is InChI=1S/C12H12BrN3O3/c1-7-14-11(19-15-7)8-3-2-6-16(8)12(17)9-4-5-10(13)18-9/h4-5,8H,2-3,6H2,1H3. The van der Waals surface area contributed by atoms with Crippen molar-refractivity contribution < 1.29 is 13.7 Å². The van der Waals surface area contributed by atoms with Gasteiger partial charge in [-0.3, -0.25) is 4.79 Å². The zero-order valence-electron chi connectivity index (χ0n) is 10.3. The molecule has 0 bridgehead atoms.